The molecule has 0 saturated heterocycles. The molecule has 1 heterocycles. The summed E-state index contributed by atoms with van der Waals surface area (Å²) in [7, 11) is 3.77. The number of likely N-dealkylation sites (N-methyl/N-ethyl adjacent to an activating group) is 1. The highest BCUT2D eigenvalue weighted by molar-refractivity contribution is 5.30. The SMILES string of the molecule is CCC(N)C(c1ccc(OC)cc1)N(C)Cc1ccoc1. The average molecular weight is 288 g/mol. The molecule has 4 nitrogen and oxygen atoms in total. The van der Waals surface area contributed by atoms with Crippen LogP contribution in [0.1, 0.15) is 30.5 Å². The van der Waals surface area contributed by atoms with E-state index in [2.05, 4.69) is 31.0 Å². The maximum Gasteiger partial charge on any atom is 0.118 e. The van der Waals surface area contributed by atoms with Crippen LogP contribution in [0.2, 0.25) is 0 Å². The van der Waals surface area contributed by atoms with Crippen LogP contribution in [-0.4, -0.2) is 25.1 Å². The fraction of sp³-hybridized carbons (Fsp3) is 0.412. The topological polar surface area (TPSA) is 51.6 Å². The number of hydrogen-bond donors (Lipinski definition) is 1. The van der Waals surface area contributed by atoms with Crippen LogP contribution in [0.4, 0.5) is 0 Å². The van der Waals surface area contributed by atoms with Crippen molar-refractivity contribution in [3.05, 3.63) is 54.0 Å². The molecule has 0 spiro atoms. The molecule has 114 valence electrons. The smallest absolute Gasteiger partial charge is 0.118 e. The minimum Gasteiger partial charge on any atom is -0.497 e. The Morgan fingerprint density at radius 3 is 2.48 bits per heavy atom. The average Bonchev–Trinajstić information content (AvgIpc) is 3.00. The van der Waals surface area contributed by atoms with E-state index in [0.29, 0.717) is 0 Å². The van der Waals surface area contributed by atoms with Gasteiger partial charge in [0.15, 0.2) is 0 Å². The predicted molar refractivity (Wildman–Crippen MR) is 84.2 cm³/mol. The summed E-state index contributed by atoms with van der Waals surface area (Å²) in [6.07, 6.45) is 4.40. The number of furan rings is 1. The highest BCUT2D eigenvalue weighted by Crippen LogP contribution is 2.27. The summed E-state index contributed by atoms with van der Waals surface area (Å²) >= 11 is 0. The first-order valence-electron chi connectivity index (χ1n) is 7.26. The van der Waals surface area contributed by atoms with Crippen molar-refractivity contribution < 1.29 is 9.15 Å². The minimum atomic E-state index is 0.0790. The molecule has 2 unspecified atom stereocenters. The number of methoxy groups -OCH3 is 1. The Labute approximate surface area is 126 Å². The van der Waals surface area contributed by atoms with Crippen molar-refractivity contribution in [2.45, 2.75) is 32.0 Å². The second-order valence-corrected chi connectivity index (χ2v) is 5.34. The zero-order chi connectivity index (χ0) is 15.2. The van der Waals surface area contributed by atoms with Crippen molar-refractivity contribution in [2.75, 3.05) is 14.2 Å². The Bertz CT molecular complexity index is 522. The molecule has 0 aliphatic rings. The maximum absolute atomic E-state index is 6.35. The summed E-state index contributed by atoms with van der Waals surface area (Å²) in [6, 6.07) is 10.4. The number of nitrogens with two attached hydrogens (primary N) is 1. The molecular weight excluding hydrogens is 264 g/mol. The molecule has 0 saturated carbocycles. The van der Waals surface area contributed by atoms with E-state index < -0.39 is 0 Å². The number of nitrogens with zero attached hydrogens (tertiary/aromatic N) is 1. The van der Waals surface area contributed by atoms with Gasteiger partial charge in [0, 0.05) is 24.2 Å². The van der Waals surface area contributed by atoms with Gasteiger partial charge >= 0.3 is 0 Å². The molecule has 1 aromatic heterocycles. The summed E-state index contributed by atoms with van der Waals surface area (Å²) < 4.78 is 10.4. The number of benzene rings is 1. The first-order chi connectivity index (χ1) is 10.2. The van der Waals surface area contributed by atoms with Gasteiger partial charge in [0.05, 0.1) is 19.6 Å². The highest BCUT2D eigenvalue weighted by Gasteiger charge is 2.23. The molecule has 2 aromatic rings. The lowest BCUT2D eigenvalue weighted by atomic mass is 9.96. The van der Waals surface area contributed by atoms with Crippen molar-refractivity contribution in [2.24, 2.45) is 5.73 Å². The van der Waals surface area contributed by atoms with E-state index in [0.717, 1.165) is 24.3 Å². The summed E-state index contributed by atoms with van der Waals surface area (Å²) in [5.41, 5.74) is 8.71. The number of rotatable bonds is 7. The van der Waals surface area contributed by atoms with Crippen LogP contribution in [0, 0.1) is 0 Å². The van der Waals surface area contributed by atoms with Gasteiger partial charge < -0.3 is 14.9 Å². The fourth-order valence-electron chi connectivity index (χ4n) is 2.62. The third-order valence-electron chi connectivity index (χ3n) is 3.82. The summed E-state index contributed by atoms with van der Waals surface area (Å²) in [5.74, 6) is 0.861. The number of hydrogen-bond acceptors (Lipinski definition) is 4. The predicted octanol–water partition coefficient (Wildman–Crippen LogP) is 3.20. The quantitative estimate of drug-likeness (QED) is 0.850. The van der Waals surface area contributed by atoms with E-state index in [1.165, 1.54) is 5.56 Å². The summed E-state index contributed by atoms with van der Waals surface area (Å²) in [5, 5.41) is 0. The number of ether oxygens (including phenoxy) is 1. The highest BCUT2D eigenvalue weighted by atomic mass is 16.5. The van der Waals surface area contributed by atoms with Crippen LogP contribution < -0.4 is 10.5 Å². The van der Waals surface area contributed by atoms with Gasteiger partial charge in [0.1, 0.15) is 5.75 Å². The molecule has 21 heavy (non-hydrogen) atoms. The largest absolute Gasteiger partial charge is 0.497 e. The zero-order valence-electron chi connectivity index (χ0n) is 13.0. The fourth-order valence-corrected chi connectivity index (χ4v) is 2.62. The maximum atomic E-state index is 6.35. The van der Waals surface area contributed by atoms with Crippen LogP contribution >= 0.6 is 0 Å². The van der Waals surface area contributed by atoms with E-state index in [1.54, 1.807) is 19.6 Å². The molecule has 0 amide bonds. The van der Waals surface area contributed by atoms with Crippen LogP contribution in [0.25, 0.3) is 0 Å². The summed E-state index contributed by atoms with van der Waals surface area (Å²) in [4.78, 5) is 2.26. The Kier molecular flexibility index (Phi) is 5.42. The van der Waals surface area contributed by atoms with Gasteiger partial charge in [0.25, 0.3) is 0 Å². The van der Waals surface area contributed by atoms with Crippen molar-refractivity contribution in [3.8, 4) is 5.75 Å². The van der Waals surface area contributed by atoms with Gasteiger partial charge in [-0.15, -0.1) is 0 Å². The second-order valence-electron chi connectivity index (χ2n) is 5.34. The van der Waals surface area contributed by atoms with Gasteiger partial charge in [-0.25, -0.2) is 0 Å². The molecule has 0 aliphatic heterocycles. The molecule has 0 aliphatic carbocycles. The van der Waals surface area contributed by atoms with Gasteiger partial charge in [-0.2, -0.15) is 0 Å². The van der Waals surface area contributed by atoms with E-state index in [1.807, 2.05) is 18.2 Å². The Balaban J connectivity index is 2.20. The van der Waals surface area contributed by atoms with Gasteiger partial charge in [0.2, 0.25) is 0 Å². The van der Waals surface area contributed by atoms with E-state index >= 15 is 0 Å². The van der Waals surface area contributed by atoms with E-state index in [9.17, 15) is 0 Å². The normalized spacial score (nSPS) is 14.1. The van der Waals surface area contributed by atoms with Crippen molar-refractivity contribution in [3.63, 3.8) is 0 Å². The molecular formula is C17H24N2O2. The minimum absolute atomic E-state index is 0.0790. The standard InChI is InChI=1S/C17H24N2O2/c1-4-16(18)17(14-5-7-15(20-3)8-6-14)19(2)11-13-9-10-21-12-13/h5-10,12,16-17H,4,11,18H2,1-3H3. The Morgan fingerprint density at radius 2 is 1.95 bits per heavy atom. The van der Waals surface area contributed by atoms with E-state index in [4.69, 9.17) is 14.9 Å². The molecule has 2 rings (SSSR count). The third-order valence-corrected chi connectivity index (χ3v) is 3.82. The zero-order valence-corrected chi connectivity index (χ0v) is 13.0. The van der Waals surface area contributed by atoms with Crippen molar-refractivity contribution >= 4 is 0 Å². The Morgan fingerprint density at radius 1 is 1.24 bits per heavy atom. The molecule has 0 bridgehead atoms. The van der Waals surface area contributed by atoms with Gasteiger partial charge in [-0.1, -0.05) is 19.1 Å². The Hall–Kier alpha value is -1.78. The second kappa shape index (κ2) is 7.29. The molecule has 0 radical (unpaired) electrons. The monoisotopic (exact) mass is 288 g/mol. The molecule has 1 aromatic carbocycles. The lowest BCUT2D eigenvalue weighted by Crippen LogP contribution is -2.38. The molecule has 2 atom stereocenters. The van der Waals surface area contributed by atoms with Crippen LogP contribution in [-0.2, 0) is 6.54 Å². The van der Waals surface area contributed by atoms with Crippen LogP contribution in [0.3, 0.4) is 0 Å². The first-order valence-corrected chi connectivity index (χ1v) is 7.26. The lowest BCUT2D eigenvalue weighted by Gasteiger charge is -2.32. The van der Waals surface area contributed by atoms with Crippen molar-refractivity contribution in [1.29, 1.82) is 0 Å². The molecule has 4 heteroatoms. The molecule has 0 fully saturated rings. The van der Waals surface area contributed by atoms with E-state index in [-0.39, 0.29) is 12.1 Å². The van der Waals surface area contributed by atoms with Gasteiger partial charge in [-0.05, 0) is 37.2 Å². The summed E-state index contributed by atoms with van der Waals surface area (Å²) in [6.45, 7) is 2.92. The first kappa shape index (κ1) is 15.6. The van der Waals surface area contributed by atoms with Crippen LogP contribution in [0.15, 0.2) is 47.3 Å². The van der Waals surface area contributed by atoms with Crippen LogP contribution in [0.5, 0.6) is 5.75 Å². The third kappa shape index (κ3) is 3.86. The van der Waals surface area contributed by atoms with Crippen molar-refractivity contribution in [1.82, 2.24) is 4.90 Å². The molecule has 2 N–H and O–H groups in total. The lowest BCUT2D eigenvalue weighted by molar-refractivity contribution is 0.201. The van der Waals surface area contributed by atoms with Gasteiger partial charge in [-0.3, -0.25) is 4.90 Å².